The maximum Gasteiger partial charge on any atom is 0.697 e. The van der Waals surface area contributed by atoms with Crippen LogP contribution in [-0.2, 0) is 29.6 Å². The van der Waals surface area contributed by atoms with Crippen LogP contribution in [-0.4, -0.2) is 43.9 Å². The summed E-state index contributed by atoms with van der Waals surface area (Å²) in [6, 6.07) is 7.39. The molecule has 0 saturated heterocycles. The molecule has 2 rings (SSSR count). The van der Waals surface area contributed by atoms with Gasteiger partial charge in [-0.1, -0.05) is 0 Å². The lowest BCUT2D eigenvalue weighted by molar-refractivity contribution is -0.118. The van der Waals surface area contributed by atoms with E-state index in [4.69, 9.17) is 5.26 Å². The molecule has 176 valence electrons. The molecule has 0 fully saturated rings. The van der Waals surface area contributed by atoms with Crippen LogP contribution in [0.3, 0.4) is 0 Å². The Hall–Kier alpha value is -2.99. The van der Waals surface area contributed by atoms with Crippen molar-refractivity contribution in [3.63, 3.8) is 0 Å². The third-order valence-electron chi connectivity index (χ3n) is 3.67. The molecule has 1 heterocycles. The lowest BCUT2D eigenvalue weighted by Gasteiger charge is -2.05. The number of rotatable bonds is 9. The number of aryl methyl sites for hydroxylation is 1. The SMILES string of the molecule is CC#N.CCO[P+](=O)OCC.COC(=O)Nc1ccc2[nH]cc(CCCNC(C)=O)c2c1. The number of carbonyl (C=O) groups is 2. The fourth-order valence-corrected chi connectivity index (χ4v) is 2.92. The number of nitriles is 1. The molecule has 32 heavy (non-hydrogen) atoms. The van der Waals surface area contributed by atoms with E-state index in [-0.39, 0.29) is 5.91 Å². The van der Waals surface area contributed by atoms with Crippen LogP contribution in [0.5, 0.6) is 0 Å². The molecule has 0 bridgehead atoms. The van der Waals surface area contributed by atoms with Crippen molar-refractivity contribution in [1.29, 1.82) is 5.26 Å². The van der Waals surface area contributed by atoms with Crippen LogP contribution >= 0.6 is 8.25 Å². The number of nitrogens with one attached hydrogen (secondary N) is 3. The fourth-order valence-electron chi connectivity index (χ4n) is 2.42. The van der Waals surface area contributed by atoms with Gasteiger partial charge in [-0.25, -0.2) is 4.79 Å². The highest BCUT2D eigenvalue weighted by Gasteiger charge is 2.15. The Morgan fingerprint density at radius 2 is 1.84 bits per heavy atom. The van der Waals surface area contributed by atoms with Crippen LogP contribution in [0.4, 0.5) is 10.5 Å². The normalized spacial score (nSPS) is 9.38. The molecule has 0 atom stereocenters. The number of methoxy groups -OCH3 is 1. The predicted molar refractivity (Wildman–Crippen MR) is 123 cm³/mol. The molecule has 0 saturated carbocycles. The van der Waals surface area contributed by atoms with E-state index < -0.39 is 14.3 Å². The Morgan fingerprint density at radius 3 is 2.38 bits per heavy atom. The lowest BCUT2D eigenvalue weighted by Crippen LogP contribution is -2.21. The number of benzene rings is 1. The van der Waals surface area contributed by atoms with Crippen molar-refractivity contribution in [3.05, 3.63) is 30.0 Å². The van der Waals surface area contributed by atoms with Crippen molar-refractivity contribution >= 4 is 36.8 Å². The molecule has 1 aromatic carbocycles. The molecule has 2 aromatic rings. The minimum absolute atomic E-state index is 0.0153. The highest BCUT2D eigenvalue weighted by molar-refractivity contribution is 7.33. The van der Waals surface area contributed by atoms with Crippen LogP contribution < -0.4 is 10.6 Å². The second kappa shape index (κ2) is 17.7. The molecule has 1 aromatic heterocycles. The first-order valence-corrected chi connectivity index (χ1v) is 11.2. The second-order valence-electron chi connectivity index (χ2n) is 6.06. The van der Waals surface area contributed by atoms with Crippen molar-refractivity contribution in [2.75, 3.05) is 32.2 Å². The number of aromatic amines is 1. The summed E-state index contributed by atoms with van der Waals surface area (Å²) in [7, 11) is -0.500. The molecule has 2 amide bonds. The third kappa shape index (κ3) is 12.6. The number of aromatic nitrogens is 1. The summed E-state index contributed by atoms with van der Waals surface area (Å²) < 4.78 is 24.1. The van der Waals surface area contributed by atoms with Crippen molar-refractivity contribution in [3.8, 4) is 6.07 Å². The largest absolute Gasteiger partial charge is 0.697 e. The van der Waals surface area contributed by atoms with Gasteiger partial charge in [0.25, 0.3) is 0 Å². The Balaban J connectivity index is 0.000000732. The van der Waals surface area contributed by atoms with Crippen molar-refractivity contribution in [2.45, 2.75) is 40.5 Å². The van der Waals surface area contributed by atoms with Crippen LogP contribution in [0.25, 0.3) is 10.9 Å². The molecule has 0 radical (unpaired) electrons. The molecule has 0 spiro atoms. The lowest BCUT2D eigenvalue weighted by atomic mass is 10.1. The molecular weight excluding hydrogens is 435 g/mol. The Morgan fingerprint density at radius 1 is 1.22 bits per heavy atom. The van der Waals surface area contributed by atoms with Crippen LogP contribution in [0.1, 0.15) is 39.7 Å². The summed E-state index contributed by atoms with van der Waals surface area (Å²) >= 11 is 0. The van der Waals surface area contributed by atoms with Gasteiger partial charge in [0.2, 0.25) is 5.91 Å². The van der Waals surface area contributed by atoms with E-state index in [1.807, 2.05) is 24.4 Å². The van der Waals surface area contributed by atoms with Crippen molar-refractivity contribution in [1.82, 2.24) is 10.3 Å². The zero-order chi connectivity index (χ0) is 24.4. The monoisotopic (exact) mass is 467 g/mol. The predicted octanol–water partition coefficient (Wildman–Crippen LogP) is 4.66. The smallest absolute Gasteiger partial charge is 0.453 e. The summed E-state index contributed by atoms with van der Waals surface area (Å²) in [6.07, 6.45) is 3.18. The van der Waals surface area contributed by atoms with Gasteiger partial charge in [-0.3, -0.25) is 10.1 Å². The number of H-pyrrole nitrogens is 1. The standard InChI is InChI=1S/C15H19N3O3.C4H10O3P.C2H3N/c1-10(19)16-7-3-4-11-9-17-14-6-5-12(8-13(11)14)18-15(20)21-2;1-3-6-8(5)7-4-2;1-2-3/h5-6,8-9,17H,3-4,7H2,1-2H3,(H,16,19)(H,18,20);3-4H2,1-2H3;1H3/q;+1;. The summed E-state index contributed by atoms with van der Waals surface area (Å²) in [5.74, 6) is -0.0153. The average molecular weight is 467 g/mol. The quantitative estimate of drug-likeness (QED) is 0.359. The van der Waals surface area contributed by atoms with E-state index in [0.29, 0.717) is 25.4 Å². The topological polar surface area (TPSA) is 143 Å². The Kier molecular flexibility index (Phi) is 16.0. The number of fused-ring (bicyclic) bond motifs is 1. The first-order valence-electron chi connectivity index (χ1n) is 10.1. The number of nitrogens with zero attached hydrogens (tertiary/aromatic N) is 1. The maximum atomic E-state index is 11.2. The van der Waals surface area contributed by atoms with E-state index in [1.165, 1.54) is 21.0 Å². The third-order valence-corrected chi connectivity index (χ3v) is 4.60. The van der Waals surface area contributed by atoms with E-state index in [9.17, 15) is 14.2 Å². The maximum absolute atomic E-state index is 11.2. The van der Waals surface area contributed by atoms with Gasteiger partial charge >= 0.3 is 14.3 Å². The number of ether oxygens (including phenoxy) is 1. The Bertz CT molecular complexity index is 886. The van der Waals surface area contributed by atoms with Gasteiger partial charge in [0.15, 0.2) is 0 Å². The minimum atomic E-state index is -1.83. The second-order valence-corrected chi connectivity index (χ2v) is 7.02. The molecule has 0 aliphatic carbocycles. The van der Waals surface area contributed by atoms with Gasteiger partial charge in [0.1, 0.15) is 13.2 Å². The number of amides is 2. The van der Waals surface area contributed by atoms with E-state index in [1.54, 1.807) is 19.9 Å². The molecule has 10 nitrogen and oxygen atoms in total. The first-order chi connectivity index (χ1) is 15.3. The average Bonchev–Trinajstić information content (AvgIpc) is 3.15. The molecule has 3 N–H and O–H groups in total. The van der Waals surface area contributed by atoms with Gasteiger partial charge < -0.3 is 15.0 Å². The molecular formula is C21H32N4O6P+. The Labute approximate surface area is 189 Å². The zero-order valence-corrected chi connectivity index (χ0v) is 20.1. The fraction of sp³-hybridized carbons (Fsp3) is 0.476. The summed E-state index contributed by atoms with van der Waals surface area (Å²) in [5.41, 5.74) is 2.86. The van der Waals surface area contributed by atoms with Crippen LogP contribution in [0.15, 0.2) is 24.4 Å². The summed E-state index contributed by atoms with van der Waals surface area (Å²) in [6.45, 7) is 8.02. The highest BCUT2D eigenvalue weighted by Crippen LogP contribution is 2.23. The van der Waals surface area contributed by atoms with Gasteiger partial charge in [-0.2, -0.15) is 5.26 Å². The number of hydrogen-bond donors (Lipinski definition) is 3. The summed E-state index contributed by atoms with van der Waals surface area (Å²) in [4.78, 5) is 25.3. The molecule has 0 aliphatic rings. The van der Waals surface area contributed by atoms with Crippen LogP contribution in [0.2, 0.25) is 0 Å². The van der Waals surface area contributed by atoms with Gasteiger partial charge in [0, 0.05) is 47.7 Å². The number of hydrogen-bond acceptors (Lipinski definition) is 7. The van der Waals surface area contributed by atoms with Gasteiger partial charge in [0.05, 0.1) is 13.2 Å². The van der Waals surface area contributed by atoms with Gasteiger partial charge in [-0.05, 0) is 50.5 Å². The van der Waals surface area contributed by atoms with E-state index in [2.05, 4.69) is 29.4 Å². The van der Waals surface area contributed by atoms with Gasteiger partial charge in [-0.15, -0.1) is 9.05 Å². The van der Waals surface area contributed by atoms with Crippen molar-refractivity contribution in [2.24, 2.45) is 0 Å². The molecule has 0 unspecified atom stereocenters. The van der Waals surface area contributed by atoms with Crippen molar-refractivity contribution < 1.29 is 27.9 Å². The number of carbonyl (C=O) groups excluding carboxylic acids is 2. The minimum Gasteiger partial charge on any atom is -0.453 e. The number of anilines is 1. The van der Waals surface area contributed by atoms with E-state index in [0.717, 1.165) is 29.3 Å². The van der Waals surface area contributed by atoms with E-state index >= 15 is 0 Å². The summed E-state index contributed by atoms with van der Waals surface area (Å²) in [5, 5.41) is 13.8. The first kappa shape index (κ1) is 29.0. The van der Waals surface area contributed by atoms with Crippen LogP contribution in [0, 0.1) is 11.3 Å². The zero-order valence-electron chi connectivity index (χ0n) is 19.2. The molecule has 11 heteroatoms. The highest BCUT2D eigenvalue weighted by atomic mass is 31.1. The molecule has 0 aliphatic heterocycles.